The maximum absolute atomic E-state index is 12.4. The standard InChI is InChI=1S/C21H24N4O2S2/c1-14(16-9-8-15-5-2-3-6-17(15)11-16)23-19(26)13-28-21-25-24-20(29-21)22-12-18-7-4-10-27-18/h2-3,5-6,8-9,11,14,18H,4,7,10,12-13H2,1H3,(H,22,24)(H,23,26)/t14-,18+/m1/s1. The summed E-state index contributed by atoms with van der Waals surface area (Å²) in [5, 5.41) is 17.8. The summed E-state index contributed by atoms with van der Waals surface area (Å²) in [5.74, 6) is 0.304. The molecule has 6 nitrogen and oxygen atoms in total. The topological polar surface area (TPSA) is 76.1 Å². The smallest absolute Gasteiger partial charge is 0.230 e. The van der Waals surface area contributed by atoms with Gasteiger partial charge in [0.1, 0.15) is 0 Å². The lowest BCUT2D eigenvalue weighted by molar-refractivity contribution is -0.119. The number of thioether (sulfide) groups is 1. The van der Waals surface area contributed by atoms with Crippen LogP contribution in [-0.4, -0.2) is 41.1 Å². The maximum atomic E-state index is 12.4. The molecule has 2 aromatic carbocycles. The van der Waals surface area contributed by atoms with Crippen LogP contribution in [-0.2, 0) is 9.53 Å². The van der Waals surface area contributed by atoms with E-state index in [-0.39, 0.29) is 18.1 Å². The van der Waals surface area contributed by atoms with Gasteiger partial charge in [-0.1, -0.05) is 59.5 Å². The fourth-order valence-corrected chi connectivity index (χ4v) is 4.89. The molecule has 8 heteroatoms. The molecule has 0 spiro atoms. The van der Waals surface area contributed by atoms with Gasteiger partial charge in [-0.05, 0) is 42.2 Å². The largest absolute Gasteiger partial charge is 0.376 e. The van der Waals surface area contributed by atoms with E-state index < -0.39 is 0 Å². The van der Waals surface area contributed by atoms with Gasteiger partial charge in [-0.15, -0.1) is 10.2 Å². The van der Waals surface area contributed by atoms with E-state index in [0.29, 0.717) is 5.75 Å². The lowest BCUT2D eigenvalue weighted by Crippen LogP contribution is -2.28. The number of carbonyl (C=O) groups is 1. The second-order valence-electron chi connectivity index (χ2n) is 7.07. The fraction of sp³-hybridized carbons (Fsp3) is 0.381. The van der Waals surface area contributed by atoms with Crippen molar-refractivity contribution in [2.45, 2.75) is 36.3 Å². The third kappa shape index (κ3) is 5.46. The monoisotopic (exact) mass is 428 g/mol. The van der Waals surface area contributed by atoms with Crippen molar-refractivity contribution in [1.82, 2.24) is 15.5 Å². The fourth-order valence-electron chi connectivity index (χ4n) is 3.32. The number of ether oxygens (including phenoxy) is 1. The van der Waals surface area contributed by atoms with Gasteiger partial charge < -0.3 is 15.4 Å². The SMILES string of the molecule is C[C@@H](NC(=O)CSc1nnc(NC[C@@H]2CCCO2)s1)c1ccc2ccccc2c1. The van der Waals surface area contributed by atoms with Crippen LogP contribution < -0.4 is 10.6 Å². The van der Waals surface area contributed by atoms with Gasteiger partial charge in [0.15, 0.2) is 4.34 Å². The minimum Gasteiger partial charge on any atom is -0.376 e. The number of carbonyl (C=O) groups excluding carboxylic acids is 1. The number of anilines is 1. The molecular weight excluding hydrogens is 404 g/mol. The number of rotatable bonds is 8. The van der Waals surface area contributed by atoms with Crippen LogP contribution in [0.25, 0.3) is 10.8 Å². The van der Waals surface area contributed by atoms with Gasteiger partial charge in [0.2, 0.25) is 11.0 Å². The lowest BCUT2D eigenvalue weighted by Gasteiger charge is -2.14. The molecule has 2 atom stereocenters. The van der Waals surface area contributed by atoms with Crippen LogP contribution >= 0.6 is 23.1 Å². The molecule has 1 aromatic heterocycles. The van der Waals surface area contributed by atoms with E-state index >= 15 is 0 Å². The molecule has 2 heterocycles. The molecule has 1 fully saturated rings. The molecule has 0 saturated carbocycles. The molecule has 1 saturated heterocycles. The zero-order valence-corrected chi connectivity index (χ0v) is 17.9. The Hall–Kier alpha value is -2.16. The van der Waals surface area contributed by atoms with Gasteiger partial charge in [-0.3, -0.25) is 4.79 Å². The Balaban J connectivity index is 1.25. The lowest BCUT2D eigenvalue weighted by atomic mass is 10.0. The second-order valence-corrected chi connectivity index (χ2v) is 9.27. The first kappa shape index (κ1) is 20.1. The van der Waals surface area contributed by atoms with Crippen molar-refractivity contribution < 1.29 is 9.53 Å². The van der Waals surface area contributed by atoms with Crippen molar-refractivity contribution in [3.05, 3.63) is 48.0 Å². The van der Waals surface area contributed by atoms with E-state index in [4.69, 9.17) is 4.74 Å². The first-order valence-electron chi connectivity index (χ1n) is 9.77. The first-order valence-corrected chi connectivity index (χ1v) is 11.6. The maximum Gasteiger partial charge on any atom is 0.230 e. The van der Waals surface area contributed by atoms with E-state index in [1.54, 1.807) is 0 Å². The van der Waals surface area contributed by atoms with Gasteiger partial charge in [-0.25, -0.2) is 0 Å². The summed E-state index contributed by atoms with van der Waals surface area (Å²) in [6.07, 6.45) is 2.47. The van der Waals surface area contributed by atoms with Crippen LogP contribution in [0, 0.1) is 0 Å². The quantitative estimate of drug-likeness (QED) is 0.523. The van der Waals surface area contributed by atoms with Crippen LogP contribution in [0.2, 0.25) is 0 Å². The normalized spacial score (nSPS) is 17.3. The third-order valence-corrected chi connectivity index (χ3v) is 6.90. The number of benzene rings is 2. The Bertz CT molecular complexity index is 972. The summed E-state index contributed by atoms with van der Waals surface area (Å²) in [6.45, 7) is 3.60. The van der Waals surface area contributed by atoms with Crippen molar-refractivity contribution >= 4 is 44.9 Å². The number of nitrogens with zero attached hydrogens (tertiary/aromatic N) is 2. The zero-order valence-electron chi connectivity index (χ0n) is 16.3. The highest BCUT2D eigenvalue weighted by molar-refractivity contribution is 8.01. The number of hydrogen-bond donors (Lipinski definition) is 2. The highest BCUT2D eigenvalue weighted by Gasteiger charge is 2.16. The number of hydrogen-bond acceptors (Lipinski definition) is 7. The van der Waals surface area contributed by atoms with Gasteiger partial charge in [0.25, 0.3) is 0 Å². The molecule has 0 radical (unpaired) electrons. The molecule has 1 aliphatic rings. The predicted octanol–water partition coefficient (Wildman–Crippen LogP) is 4.25. The summed E-state index contributed by atoms with van der Waals surface area (Å²) in [7, 11) is 0. The van der Waals surface area contributed by atoms with E-state index in [1.807, 2.05) is 19.1 Å². The predicted molar refractivity (Wildman–Crippen MR) is 119 cm³/mol. The van der Waals surface area contributed by atoms with Crippen molar-refractivity contribution in [2.24, 2.45) is 0 Å². The number of fused-ring (bicyclic) bond motifs is 1. The first-order chi connectivity index (χ1) is 14.2. The Morgan fingerprint density at radius 1 is 1.28 bits per heavy atom. The molecular formula is C21H24N4O2S2. The molecule has 152 valence electrons. The molecule has 4 rings (SSSR count). The Labute approximate surface area is 178 Å². The summed E-state index contributed by atoms with van der Waals surface area (Å²) in [4.78, 5) is 12.4. The van der Waals surface area contributed by atoms with E-state index in [0.717, 1.165) is 41.0 Å². The van der Waals surface area contributed by atoms with Gasteiger partial charge in [0, 0.05) is 13.2 Å². The number of nitrogens with one attached hydrogen (secondary N) is 2. The highest BCUT2D eigenvalue weighted by Crippen LogP contribution is 2.26. The Morgan fingerprint density at radius 3 is 2.97 bits per heavy atom. The molecule has 3 aromatic rings. The van der Waals surface area contributed by atoms with Crippen molar-refractivity contribution in [3.8, 4) is 0 Å². The summed E-state index contributed by atoms with van der Waals surface area (Å²) in [6, 6.07) is 14.5. The van der Waals surface area contributed by atoms with E-state index in [1.165, 1.54) is 33.9 Å². The second kappa shape index (κ2) is 9.56. The van der Waals surface area contributed by atoms with Crippen LogP contribution in [0.15, 0.2) is 46.8 Å². The van der Waals surface area contributed by atoms with Crippen molar-refractivity contribution in [2.75, 3.05) is 24.2 Å². The summed E-state index contributed by atoms with van der Waals surface area (Å²) >= 11 is 2.88. The van der Waals surface area contributed by atoms with Crippen LogP contribution in [0.5, 0.6) is 0 Å². The molecule has 29 heavy (non-hydrogen) atoms. The van der Waals surface area contributed by atoms with Crippen LogP contribution in [0.3, 0.4) is 0 Å². The Morgan fingerprint density at radius 2 is 2.14 bits per heavy atom. The average Bonchev–Trinajstić information content (AvgIpc) is 3.42. The number of amides is 1. The molecule has 0 bridgehead atoms. The van der Waals surface area contributed by atoms with Crippen LogP contribution in [0.4, 0.5) is 5.13 Å². The summed E-state index contributed by atoms with van der Waals surface area (Å²) < 4.78 is 6.38. The minimum atomic E-state index is -0.0502. The zero-order chi connectivity index (χ0) is 20.1. The summed E-state index contributed by atoms with van der Waals surface area (Å²) in [5.41, 5.74) is 1.10. The number of aromatic nitrogens is 2. The van der Waals surface area contributed by atoms with Gasteiger partial charge in [0.05, 0.1) is 17.9 Å². The average molecular weight is 429 g/mol. The van der Waals surface area contributed by atoms with Crippen molar-refractivity contribution in [3.63, 3.8) is 0 Å². The van der Waals surface area contributed by atoms with Gasteiger partial charge >= 0.3 is 0 Å². The minimum absolute atomic E-state index is 0.0141. The molecule has 1 aliphatic heterocycles. The molecule has 2 N–H and O–H groups in total. The molecule has 1 amide bonds. The van der Waals surface area contributed by atoms with Crippen LogP contribution in [0.1, 0.15) is 31.4 Å². The Kier molecular flexibility index (Phi) is 6.63. The van der Waals surface area contributed by atoms with Crippen molar-refractivity contribution in [1.29, 1.82) is 0 Å². The van der Waals surface area contributed by atoms with E-state index in [2.05, 4.69) is 51.2 Å². The third-order valence-electron chi connectivity index (χ3n) is 4.89. The highest BCUT2D eigenvalue weighted by atomic mass is 32.2. The molecule has 0 unspecified atom stereocenters. The van der Waals surface area contributed by atoms with Gasteiger partial charge in [-0.2, -0.15) is 0 Å². The molecule has 0 aliphatic carbocycles. The van der Waals surface area contributed by atoms with E-state index in [9.17, 15) is 4.79 Å².